The maximum atomic E-state index is 10.3. The number of hydrogen-bond acceptors (Lipinski definition) is 4. The van der Waals surface area contributed by atoms with E-state index in [2.05, 4.69) is 20.9 Å². The summed E-state index contributed by atoms with van der Waals surface area (Å²) in [6, 6.07) is 7.20. The number of rotatable bonds is 4. The van der Waals surface area contributed by atoms with Crippen molar-refractivity contribution in [3.63, 3.8) is 0 Å². The van der Waals surface area contributed by atoms with Crippen LogP contribution in [-0.4, -0.2) is 24.3 Å². The maximum absolute atomic E-state index is 10.3. The molecular weight excluding hydrogens is 310 g/mol. The molecule has 19 heavy (non-hydrogen) atoms. The molecule has 0 bridgehead atoms. The zero-order valence-electron chi connectivity index (χ0n) is 10.6. The summed E-state index contributed by atoms with van der Waals surface area (Å²) >= 11 is 3.40. The molecule has 0 aliphatic heterocycles. The Morgan fingerprint density at radius 2 is 1.89 bits per heavy atom. The van der Waals surface area contributed by atoms with Crippen molar-refractivity contribution in [1.82, 2.24) is 4.98 Å². The van der Waals surface area contributed by atoms with Gasteiger partial charge in [-0.15, -0.1) is 0 Å². The molecule has 1 heterocycles. The van der Waals surface area contributed by atoms with E-state index in [0.717, 1.165) is 15.8 Å². The molecule has 2 rings (SSSR count). The lowest BCUT2D eigenvalue weighted by Crippen LogP contribution is -2.01. The van der Waals surface area contributed by atoms with Crippen LogP contribution < -0.4 is 9.47 Å². The van der Waals surface area contributed by atoms with Crippen LogP contribution in [0.2, 0.25) is 0 Å². The first-order chi connectivity index (χ1) is 9.15. The average molecular weight is 324 g/mol. The van der Waals surface area contributed by atoms with E-state index in [1.165, 1.54) is 0 Å². The Labute approximate surface area is 120 Å². The number of ether oxygens (including phenoxy) is 2. The highest BCUT2D eigenvalue weighted by atomic mass is 79.9. The smallest absolute Gasteiger partial charge is 0.137 e. The van der Waals surface area contributed by atoms with Crippen LogP contribution in [0, 0.1) is 0 Å². The van der Waals surface area contributed by atoms with E-state index in [4.69, 9.17) is 9.47 Å². The van der Waals surface area contributed by atoms with E-state index in [9.17, 15) is 5.11 Å². The third-order valence-electron chi connectivity index (χ3n) is 2.78. The number of aromatic nitrogens is 1. The second-order valence-electron chi connectivity index (χ2n) is 3.95. The molecule has 0 aliphatic rings. The van der Waals surface area contributed by atoms with Crippen molar-refractivity contribution < 1.29 is 14.6 Å². The first kappa shape index (κ1) is 13.8. The molecule has 0 saturated heterocycles. The van der Waals surface area contributed by atoms with Crippen molar-refractivity contribution in [1.29, 1.82) is 0 Å². The lowest BCUT2D eigenvalue weighted by Gasteiger charge is -2.13. The molecule has 4 nitrogen and oxygen atoms in total. The second-order valence-corrected chi connectivity index (χ2v) is 4.81. The monoisotopic (exact) mass is 323 g/mol. The van der Waals surface area contributed by atoms with Crippen molar-refractivity contribution in [3.05, 3.63) is 52.3 Å². The Morgan fingerprint density at radius 1 is 1.11 bits per heavy atom. The van der Waals surface area contributed by atoms with Gasteiger partial charge < -0.3 is 14.6 Å². The van der Waals surface area contributed by atoms with Gasteiger partial charge in [-0.3, -0.25) is 4.98 Å². The topological polar surface area (TPSA) is 51.6 Å². The zero-order chi connectivity index (χ0) is 13.8. The highest BCUT2D eigenvalue weighted by Crippen LogP contribution is 2.31. The fourth-order valence-electron chi connectivity index (χ4n) is 1.74. The first-order valence-electron chi connectivity index (χ1n) is 5.66. The number of benzene rings is 1. The van der Waals surface area contributed by atoms with E-state index in [0.29, 0.717) is 11.3 Å². The van der Waals surface area contributed by atoms with Crippen molar-refractivity contribution in [2.75, 3.05) is 14.2 Å². The molecule has 100 valence electrons. The number of pyridine rings is 1. The van der Waals surface area contributed by atoms with Crippen LogP contribution in [0.1, 0.15) is 17.2 Å². The minimum atomic E-state index is -0.759. The normalized spacial score (nSPS) is 12.0. The maximum Gasteiger partial charge on any atom is 0.137 e. The first-order valence-corrected chi connectivity index (χ1v) is 6.45. The van der Waals surface area contributed by atoms with Gasteiger partial charge in [0, 0.05) is 11.8 Å². The Hall–Kier alpha value is -1.59. The summed E-state index contributed by atoms with van der Waals surface area (Å²) < 4.78 is 11.1. The van der Waals surface area contributed by atoms with Crippen LogP contribution in [0.3, 0.4) is 0 Å². The lowest BCUT2D eigenvalue weighted by molar-refractivity contribution is 0.219. The van der Waals surface area contributed by atoms with Gasteiger partial charge in [-0.05, 0) is 39.7 Å². The summed E-state index contributed by atoms with van der Waals surface area (Å²) in [5, 5.41) is 10.3. The average Bonchev–Trinajstić information content (AvgIpc) is 2.46. The number of hydrogen-bond donors (Lipinski definition) is 1. The fourth-order valence-corrected chi connectivity index (χ4v) is 2.30. The van der Waals surface area contributed by atoms with Gasteiger partial charge in [-0.2, -0.15) is 0 Å². The quantitative estimate of drug-likeness (QED) is 0.939. The van der Waals surface area contributed by atoms with Crippen LogP contribution in [0.4, 0.5) is 0 Å². The molecule has 0 spiro atoms. The van der Waals surface area contributed by atoms with Gasteiger partial charge in [0.05, 0.1) is 24.9 Å². The molecule has 1 atom stereocenters. The summed E-state index contributed by atoms with van der Waals surface area (Å²) in [5.74, 6) is 1.34. The SMILES string of the molecule is COc1cncc(C(O)c2ccc(OC)c(Br)c2)c1. The number of methoxy groups -OCH3 is 2. The van der Waals surface area contributed by atoms with Crippen molar-refractivity contribution in [2.45, 2.75) is 6.10 Å². The molecule has 1 N–H and O–H groups in total. The summed E-state index contributed by atoms with van der Waals surface area (Å²) in [6.45, 7) is 0. The van der Waals surface area contributed by atoms with Gasteiger partial charge in [-0.1, -0.05) is 6.07 Å². The molecule has 0 radical (unpaired) electrons. The van der Waals surface area contributed by atoms with Gasteiger partial charge in [0.2, 0.25) is 0 Å². The van der Waals surface area contributed by atoms with E-state index >= 15 is 0 Å². The van der Waals surface area contributed by atoms with Crippen LogP contribution in [-0.2, 0) is 0 Å². The molecule has 1 unspecified atom stereocenters. The molecule has 5 heteroatoms. The molecule has 0 saturated carbocycles. The van der Waals surface area contributed by atoms with E-state index in [1.807, 2.05) is 12.1 Å². The molecule has 0 aliphatic carbocycles. The Balaban J connectivity index is 2.32. The van der Waals surface area contributed by atoms with Crippen LogP contribution in [0.25, 0.3) is 0 Å². The number of nitrogens with zero attached hydrogens (tertiary/aromatic N) is 1. The molecule has 0 fully saturated rings. The standard InChI is InChI=1S/C14H14BrNO3/c1-18-11-5-10(7-16-8-11)14(17)9-3-4-13(19-2)12(15)6-9/h3-8,14,17H,1-2H3. The van der Waals surface area contributed by atoms with E-state index in [1.54, 1.807) is 38.7 Å². The summed E-state index contributed by atoms with van der Waals surface area (Å²) in [6.07, 6.45) is 2.45. The van der Waals surface area contributed by atoms with Crippen molar-refractivity contribution in [2.24, 2.45) is 0 Å². The largest absolute Gasteiger partial charge is 0.496 e. The van der Waals surface area contributed by atoms with Gasteiger partial charge >= 0.3 is 0 Å². The van der Waals surface area contributed by atoms with E-state index < -0.39 is 6.10 Å². The highest BCUT2D eigenvalue weighted by Gasteiger charge is 2.13. The van der Waals surface area contributed by atoms with E-state index in [-0.39, 0.29) is 0 Å². The zero-order valence-corrected chi connectivity index (χ0v) is 12.2. The van der Waals surface area contributed by atoms with Gasteiger partial charge in [0.1, 0.15) is 17.6 Å². The Bertz CT molecular complexity index is 574. The van der Waals surface area contributed by atoms with Crippen molar-refractivity contribution >= 4 is 15.9 Å². The second kappa shape index (κ2) is 6.04. The third-order valence-corrected chi connectivity index (χ3v) is 3.40. The van der Waals surface area contributed by atoms with Crippen LogP contribution in [0.15, 0.2) is 41.1 Å². The van der Waals surface area contributed by atoms with Gasteiger partial charge in [0.15, 0.2) is 0 Å². The predicted molar refractivity (Wildman–Crippen MR) is 75.5 cm³/mol. The summed E-state index contributed by atoms with van der Waals surface area (Å²) in [4.78, 5) is 4.04. The number of aliphatic hydroxyl groups is 1. The Morgan fingerprint density at radius 3 is 2.53 bits per heavy atom. The predicted octanol–water partition coefficient (Wildman–Crippen LogP) is 2.94. The van der Waals surface area contributed by atoms with Crippen LogP contribution >= 0.6 is 15.9 Å². The number of aliphatic hydroxyl groups excluding tert-OH is 1. The fraction of sp³-hybridized carbons (Fsp3) is 0.214. The highest BCUT2D eigenvalue weighted by molar-refractivity contribution is 9.10. The molecular formula is C14H14BrNO3. The lowest BCUT2D eigenvalue weighted by atomic mass is 10.0. The minimum absolute atomic E-state index is 0.615. The van der Waals surface area contributed by atoms with Gasteiger partial charge in [-0.25, -0.2) is 0 Å². The molecule has 1 aromatic heterocycles. The molecule has 1 aromatic carbocycles. The Kier molecular flexibility index (Phi) is 4.39. The van der Waals surface area contributed by atoms with Gasteiger partial charge in [0.25, 0.3) is 0 Å². The summed E-state index contributed by atoms with van der Waals surface area (Å²) in [7, 11) is 3.17. The molecule has 2 aromatic rings. The minimum Gasteiger partial charge on any atom is -0.496 e. The summed E-state index contributed by atoms with van der Waals surface area (Å²) in [5.41, 5.74) is 1.43. The number of halogens is 1. The third kappa shape index (κ3) is 3.05. The van der Waals surface area contributed by atoms with Crippen LogP contribution in [0.5, 0.6) is 11.5 Å². The molecule has 0 amide bonds. The van der Waals surface area contributed by atoms with Crippen molar-refractivity contribution in [3.8, 4) is 11.5 Å².